The second kappa shape index (κ2) is 7.89. The number of anilines is 1. The quantitative estimate of drug-likeness (QED) is 0.638. The molecule has 1 heterocycles. The zero-order valence-corrected chi connectivity index (χ0v) is 16.4. The molecule has 0 unspecified atom stereocenters. The first kappa shape index (κ1) is 18.4. The maximum Gasteiger partial charge on any atom is 0.264 e. The van der Waals surface area contributed by atoms with Gasteiger partial charge in [-0.05, 0) is 55.7 Å². The summed E-state index contributed by atoms with van der Waals surface area (Å²) in [5, 5.41) is 5.72. The Morgan fingerprint density at radius 1 is 1.15 bits per heavy atom. The van der Waals surface area contributed by atoms with Crippen LogP contribution in [0, 0.1) is 20.8 Å². The van der Waals surface area contributed by atoms with Gasteiger partial charge in [-0.3, -0.25) is 10.1 Å². The molecule has 0 saturated heterocycles. The van der Waals surface area contributed by atoms with Gasteiger partial charge in [0.1, 0.15) is 5.75 Å². The number of carbonyl (C=O) groups is 1. The number of nitrogens with zero attached hydrogens (tertiary/aromatic N) is 1. The second-order valence-corrected chi connectivity index (χ2v) is 7.37. The Hall–Kier alpha value is -2.37. The van der Waals surface area contributed by atoms with Gasteiger partial charge in [0, 0.05) is 10.9 Å². The van der Waals surface area contributed by atoms with Gasteiger partial charge in [0.05, 0.1) is 10.7 Å². The van der Waals surface area contributed by atoms with Crippen LogP contribution < -0.4 is 10.1 Å². The number of ether oxygens (including phenoxy) is 1. The van der Waals surface area contributed by atoms with Crippen molar-refractivity contribution in [1.82, 2.24) is 4.98 Å². The third-order valence-electron chi connectivity index (χ3n) is 4.00. The van der Waals surface area contributed by atoms with Crippen LogP contribution in [0.15, 0.2) is 41.8 Å². The van der Waals surface area contributed by atoms with Crippen LogP contribution in [0.5, 0.6) is 5.75 Å². The van der Waals surface area contributed by atoms with Gasteiger partial charge in [-0.1, -0.05) is 29.8 Å². The Labute approximate surface area is 161 Å². The third-order valence-corrected chi connectivity index (χ3v) is 5.07. The number of hydrogen-bond acceptors (Lipinski definition) is 4. The molecule has 4 nitrogen and oxygen atoms in total. The summed E-state index contributed by atoms with van der Waals surface area (Å²) in [6.07, 6.45) is 0. The van der Waals surface area contributed by atoms with Crippen molar-refractivity contribution >= 4 is 34.0 Å². The predicted molar refractivity (Wildman–Crippen MR) is 107 cm³/mol. The van der Waals surface area contributed by atoms with E-state index in [9.17, 15) is 4.79 Å². The molecule has 3 aromatic rings. The molecule has 0 aliphatic heterocycles. The van der Waals surface area contributed by atoms with E-state index in [0.29, 0.717) is 15.9 Å². The molecular formula is C20H19ClN2O2S. The van der Waals surface area contributed by atoms with Gasteiger partial charge in [-0.15, -0.1) is 11.3 Å². The highest BCUT2D eigenvalue weighted by molar-refractivity contribution is 7.14. The molecule has 1 amide bonds. The standard InChI is InChI=1S/C20H19ClN2O2S/c1-12-4-7-16(21)18(8-12)25-10-19(24)23-20-22-17(11-26-20)15-6-5-13(2)14(3)9-15/h4-9,11H,10H2,1-3H3,(H,22,23,24). The molecule has 6 heteroatoms. The average Bonchev–Trinajstić information content (AvgIpc) is 3.06. The van der Waals surface area contributed by atoms with Gasteiger partial charge in [0.15, 0.2) is 11.7 Å². The maximum absolute atomic E-state index is 12.1. The lowest BCUT2D eigenvalue weighted by molar-refractivity contribution is -0.118. The summed E-state index contributed by atoms with van der Waals surface area (Å²) < 4.78 is 5.50. The lowest BCUT2D eigenvalue weighted by atomic mass is 10.1. The van der Waals surface area contributed by atoms with Gasteiger partial charge < -0.3 is 4.74 Å². The number of benzene rings is 2. The second-order valence-electron chi connectivity index (χ2n) is 6.11. The molecule has 0 radical (unpaired) electrons. The fourth-order valence-corrected chi connectivity index (χ4v) is 3.29. The third kappa shape index (κ3) is 4.42. The first-order valence-electron chi connectivity index (χ1n) is 8.14. The lowest BCUT2D eigenvalue weighted by Gasteiger charge is -2.08. The summed E-state index contributed by atoms with van der Waals surface area (Å²) >= 11 is 7.45. The number of carbonyl (C=O) groups excluding carboxylic acids is 1. The summed E-state index contributed by atoms with van der Waals surface area (Å²) in [7, 11) is 0. The summed E-state index contributed by atoms with van der Waals surface area (Å²) in [4.78, 5) is 16.6. The summed E-state index contributed by atoms with van der Waals surface area (Å²) in [6.45, 7) is 5.96. The Morgan fingerprint density at radius 2 is 1.96 bits per heavy atom. The van der Waals surface area contributed by atoms with E-state index >= 15 is 0 Å². The molecule has 26 heavy (non-hydrogen) atoms. The molecule has 0 atom stereocenters. The minimum Gasteiger partial charge on any atom is -0.482 e. The molecule has 1 N–H and O–H groups in total. The first-order chi connectivity index (χ1) is 12.4. The molecule has 0 saturated carbocycles. The maximum atomic E-state index is 12.1. The van der Waals surface area contributed by atoms with Crippen molar-refractivity contribution in [3.63, 3.8) is 0 Å². The van der Waals surface area contributed by atoms with E-state index in [1.165, 1.54) is 22.5 Å². The Balaban J connectivity index is 1.62. The number of nitrogens with one attached hydrogen (secondary N) is 1. The number of hydrogen-bond donors (Lipinski definition) is 1. The largest absolute Gasteiger partial charge is 0.482 e. The van der Waals surface area contributed by atoms with Crippen LogP contribution in [0.1, 0.15) is 16.7 Å². The average molecular weight is 387 g/mol. The minimum absolute atomic E-state index is 0.123. The van der Waals surface area contributed by atoms with E-state index in [1.54, 1.807) is 12.1 Å². The number of aromatic nitrogens is 1. The summed E-state index contributed by atoms with van der Waals surface area (Å²) in [5.74, 6) is 0.223. The number of amides is 1. The van der Waals surface area contributed by atoms with E-state index in [2.05, 4.69) is 36.3 Å². The molecule has 2 aromatic carbocycles. The van der Waals surface area contributed by atoms with Crippen LogP contribution in [-0.4, -0.2) is 17.5 Å². The molecule has 0 aliphatic rings. The zero-order valence-electron chi connectivity index (χ0n) is 14.8. The van der Waals surface area contributed by atoms with Crippen molar-refractivity contribution in [2.75, 3.05) is 11.9 Å². The van der Waals surface area contributed by atoms with Crippen LogP contribution in [0.3, 0.4) is 0 Å². The molecule has 134 valence electrons. The minimum atomic E-state index is -0.274. The fraction of sp³-hybridized carbons (Fsp3) is 0.200. The van der Waals surface area contributed by atoms with Gasteiger partial charge >= 0.3 is 0 Å². The van der Waals surface area contributed by atoms with Crippen molar-refractivity contribution in [3.8, 4) is 17.0 Å². The van der Waals surface area contributed by atoms with Crippen LogP contribution >= 0.6 is 22.9 Å². The van der Waals surface area contributed by atoms with Crippen molar-refractivity contribution in [1.29, 1.82) is 0 Å². The van der Waals surface area contributed by atoms with Crippen molar-refractivity contribution < 1.29 is 9.53 Å². The molecule has 1 aromatic heterocycles. The van der Waals surface area contributed by atoms with E-state index in [0.717, 1.165) is 16.8 Å². The fourth-order valence-electron chi connectivity index (χ4n) is 2.38. The predicted octanol–water partition coefficient (Wildman–Crippen LogP) is 5.41. The lowest BCUT2D eigenvalue weighted by Crippen LogP contribution is -2.20. The smallest absolute Gasteiger partial charge is 0.264 e. The highest BCUT2D eigenvalue weighted by Gasteiger charge is 2.10. The summed E-state index contributed by atoms with van der Waals surface area (Å²) in [5.41, 5.74) is 5.35. The number of aryl methyl sites for hydroxylation is 3. The zero-order chi connectivity index (χ0) is 18.7. The van der Waals surface area contributed by atoms with Crippen LogP contribution in [0.4, 0.5) is 5.13 Å². The van der Waals surface area contributed by atoms with E-state index in [4.69, 9.17) is 16.3 Å². The SMILES string of the molecule is Cc1ccc(Cl)c(OCC(=O)Nc2nc(-c3ccc(C)c(C)c3)cs2)c1. The number of rotatable bonds is 5. The Morgan fingerprint density at radius 3 is 2.73 bits per heavy atom. The van der Waals surface area contributed by atoms with E-state index in [1.807, 2.05) is 24.4 Å². The molecule has 0 spiro atoms. The van der Waals surface area contributed by atoms with Gasteiger partial charge in [0.2, 0.25) is 0 Å². The first-order valence-corrected chi connectivity index (χ1v) is 9.40. The van der Waals surface area contributed by atoms with Crippen LogP contribution in [0.2, 0.25) is 5.02 Å². The van der Waals surface area contributed by atoms with Crippen LogP contribution in [-0.2, 0) is 4.79 Å². The van der Waals surface area contributed by atoms with Gasteiger partial charge in [-0.2, -0.15) is 0 Å². The topological polar surface area (TPSA) is 51.2 Å². The van der Waals surface area contributed by atoms with Crippen molar-refractivity contribution in [2.24, 2.45) is 0 Å². The molecule has 0 aliphatic carbocycles. The monoisotopic (exact) mass is 386 g/mol. The van der Waals surface area contributed by atoms with Gasteiger partial charge in [0.25, 0.3) is 5.91 Å². The molecule has 3 rings (SSSR count). The number of halogens is 1. The highest BCUT2D eigenvalue weighted by Crippen LogP contribution is 2.27. The van der Waals surface area contributed by atoms with Crippen molar-refractivity contribution in [3.05, 3.63) is 63.5 Å². The highest BCUT2D eigenvalue weighted by atomic mass is 35.5. The molecule has 0 bridgehead atoms. The normalized spacial score (nSPS) is 10.6. The van der Waals surface area contributed by atoms with E-state index in [-0.39, 0.29) is 12.5 Å². The Kier molecular flexibility index (Phi) is 5.59. The summed E-state index contributed by atoms with van der Waals surface area (Å²) in [6, 6.07) is 11.6. The van der Waals surface area contributed by atoms with Gasteiger partial charge in [-0.25, -0.2) is 4.98 Å². The van der Waals surface area contributed by atoms with E-state index < -0.39 is 0 Å². The molecule has 0 fully saturated rings. The number of thiazole rings is 1. The molecular weight excluding hydrogens is 368 g/mol. The Bertz CT molecular complexity index is 953. The van der Waals surface area contributed by atoms with Crippen LogP contribution in [0.25, 0.3) is 11.3 Å². The van der Waals surface area contributed by atoms with Crippen molar-refractivity contribution in [2.45, 2.75) is 20.8 Å².